The number of hydrogen-bond donors (Lipinski definition) is 0. The van der Waals surface area contributed by atoms with Crippen molar-refractivity contribution in [3.8, 4) is 0 Å². The van der Waals surface area contributed by atoms with Gasteiger partial charge >= 0.3 is 0 Å². The van der Waals surface area contributed by atoms with Crippen LogP contribution in [0.1, 0.15) is 28.2 Å². The molecule has 2 aromatic carbocycles. The van der Waals surface area contributed by atoms with Crippen LogP contribution in [0.5, 0.6) is 0 Å². The number of hydrogen-bond acceptors (Lipinski definition) is 2. The third kappa shape index (κ3) is 2.06. The van der Waals surface area contributed by atoms with Crippen LogP contribution in [0.25, 0.3) is 0 Å². The van der Waals surface area contributed by atoms with Gasteiger partial charge in [0, 0.05) is 38.3 Å². The molecule has 2 aliphatic heterocycles. The molecule has 0 bridgehead atoms. The molecule has 2 nitrogen and oxygen atoms in total. The van der Waals surface area contributed by atoms with Crippen LogP contribution in [0.3, 0.4) is 0 Å². The minimum Gasteiger partial charge on any atom is -0.373 e. The fraction of sp³-hybridized carbons (Fsp3) is 0.368. The van der Waals surface area contributed by atoms with Crippen LogP contribution in [0.4, 0.5) is 5.69 Å². The molecule has 21 heavy (non-hydrogen) atoms. The Morgan fingerprint density at radius 2 is 1.76 bits per heavy atom. The van der Waals surface area contributed by atoms with E-state index in [4.69, 9.17) is 0 Å². The molecule has 0 aromatic heterocycles. The van der Waals surface area contributed by atoms with Gasteiger partial charge in [-0.1, -0.05) is 36.4 Å². The first-order valence-electron chi connectivity index (χ1n) is 7.83. The smallest absolute Gasteiger partial charge is 0.0403 e. The summed E-state index contributed by atoms with van der Waals surface area (Å²) in [5.74, 6) is 0.521. The predicted molar refractivity (Wildman–Crippen MR) is 88.0 cm³/mol. The average molecular weight is 278 g/mol. The summed E-state index contributed by atoms with van der Waals surface area (Å²) in [6, 6.07) is 15.8. The number of nitrogens with zero attached hydrogens (tertiary/aromatic N) is 2. The summed E-state index contributed by atoms with van der Waals surface area (Å²) in [6.45, 7) is 3.37. The molecule has 108 valence electrons. The molecule has 0 fully saturated rings. The van der Waals surface area contributed by atoms with Crippen molar-refractivity contribution in [2.75, 3.05) is 32.1 Å². The third-order valence-electron chi connectivity index (χ3n) is 5.06. The fourth-order valence-electron chi connectivity index (χ4n) is 3.93. The zero-order valence-corrected chi connectivity index (χ0v) is 12.8. The van der Waals surface area contributed by atoms with Crippen LogP contribution in [-0.2, 0) is 13.0 Å². The van der Waals surface area contributed by atoms with E-state index in [1.807, 2.05) is 0 Å². The molecular formula is C19H22N2. The van der Waals surface area contributed by atoms with Crippen molar-refractivity contribution in [2.24, 2.45) is 0 Å². The van der Waals surface area contributed by atoms with Crippen molar-refractivity contribution in [2.45, 2.75) is 18.9 Å². The highest BCUT2D eigenvalue weighted by atomic mass is 15.1. The first kappa shape index (κ1) is 12.9. The van der Waals surface area contributed by atoms with Gasteiger partial charge in [-0.05, 0) is 41.8 Å². The second-order valence-electron chi connectivity index (χ2n) is 6.46. The van der Waals surface area contributed by atoms with E-state index in [0.29, 0.717) is 5.92 Å². The zero-order chi connectivity index (χ0) is 14.4. The Kier molecular flexibility index (Phi) is 3.00. The summed E-state index contributed by atoms with van der Waals surface area (Å²) in [6.07, 6.45) is 1.18. The molecule has 0 radical (unpaired) electrons. The Bertz CT molecular complexity index is 677. The summed E-state index contributed by atoms with van der Waals surface area (Å²) in [5.41, 5.74) is 7.54. The molecule has 1 unspecified atom stereocenters. The molecule has 0 N–H and O–H groups in total. The number of para-hydroxylation sites is 1. The summed E-state index contributed by atoms with van der Waals surface area (Å²) < 4.78 is 0. The largest absolute Gasteiger partial charge is 0.373 e. The van der Waals surface area contributed by atoms with Crippen molar-refractivity contribution in [3.05, 3.63) is 64.7 Å². The maximum atomic E-state index is 2.44. The monoisotopic (exact) mass is 278 g/mol. The zero-order valence-electron chi connectivity index (χ0n) is 12.8. The van der Waals surface area contributed by atoms with Crippen LogP contribution >= 0.6 is 0 Å². The Morgan fingerprint density at radius 1 is 0.952 bits per heavy atom. The minimum absolute atomic E-state index is 0.521. The first-order valence-corrected chi connectivity index (χ1v) is 7.83. The van der Waals surface area contributed by atoms with Gasteiger partial charge in [0.05, 0.1) is 0 Å². The molecule has 2 aromatic rings. The molecule has 4 rings (SSSR count). The van der Waals surface area contributed by atoms with E-state index in [2.05, 4.69) is 66.4 Å². The van der Waals surface area contributed by atoms with Crippen molar-refractivity contribution >= 4 is 5.69 Å². The van der Waals surface area contributed by atoms with E-state index in [9.17, 15) is 0 Å². The van der Waals surface area contributed by atoms with E-state index < -0.39 is 0 Å². The lowest BCUT2D eigenvalue weighted by Crippen LogP contribution is -2.28. The van der Waals surface area contributed by atoms with Crippen LogP contribution in [0, 0.1) is 0 Å². The Hall–Kier alpha value is -1.80. The van der Waals surface area contributed by atoms with Crippen LogP contribution in [0.15, 0.2) is 42.5 Å². The molecule has 2 heteroatoms. The standard InChI is InChI=1S/C19H22N2/c1-20-11-10-14-6-5-8-15(17(14)12-20)18-13-21(2)19-9-4-3-7-16(18)19/h3-9,18H,10-13H2,1-2H3. The van der Waals surface area contributed by atoms with Gasteiger partial charge in [-0.15, -0.1) is 0 Å². The number of benzene rings is 2. The van der Waals surface area contributed by atoms with E-state index in [0.717, 1.165) is 13.1 Å². The van der Waals surface area contributed by atoms with Crippen LogP contribution < -0.4 is 4.90 Å². The Labute approximate surface area is 127 Å². The number of likely N-dealkylation sites (N-methyl/N-ethyl adjacent to an activating group) is 2. The lowest BCUT2D eigenvalue weighted by Gasteiger charge is -2.29. The van der Waals surface area contributed by atoms with Gasteiger partial charge < -0.3 is 9.80 Å². The van der Waals surface area contributed by atoms with E-state index in [1.165, 1.54) is 29.8 Å². The van der Waals surface area contributed by atoms with Gasteiger partial charge in [0.25, 0.3) is 0 Å². The Morgan fingerprint density at radius 3 is 2.67 bits per heavy atom. The highest BCUT2D eigenvalue weighted by Crippen LogP contribution is 2.41. The Balaban J connectivity index is 1.82. The summed E-state index contributed by atoms with van der Waals surface area (Å²) in [5, 5.41) is 0. The maximum Gasteiger partial charge on any atom is 0.0403 e. The number of fused-ring (bicyclic) bond motifs is 2. The molecule has 2 heterocycles. The fourth-order valence-corrected chi connectivity index (χ4v) is 3.93. The van der Waals surface area contributed by atoms with Crippen LogP contribution in [0.2, 0.25) is 0 Å². The van der Waals surface area contributed by atoms with Gasteiger partial charge in [0.15, 0.2) is 0 Å². The van der Waals surface area contributed by atoms with Gasteiger partial charge in [-0.25, -0.2) is 0 Å². The van der Waals surface area contributed by atoms with E-state index in [-0.39, 0.29) is 0 Å². The quantitative estimate of drug-likeness (QED) is 0.790. The highest BCUT2D eigenvalue weighted by Gasteiger charge is 2.30. The van der Waals surface area contributed by atoms with Crippen molar-refractivity contribution in [1.29, 1.82) is 0 Å². The molecule has 0 saturated heterocycles. The average Bonchev–Trinajstić information content (AvgIpc) is 2.84. The van der Waals surface area contributed by atoms with Crippen molar-refractivity contribution < 1.29 is 0 Å². The summed E-state index contributed by atoms with van der Waals surface area (Å²) in [7, 11) is 4.44. The molecule has 0 amide bonds. The minimum atomic E-state index is 0.521. The van der Waals surface area contributed by atoms with Gasteiger partial charge in [-0.3, -0.25) is 0 Å². The molecule has 0 aliphatic carbocycles. The normalized spacial score (nSPS) is 21.2. The molecule has 0 saturated carbocycles. The van der Waals surface area contributed by atoms with Gasteiger partial charge in [-0.2, -0.15) is 0 Å². The maximum absolute atomic E-state index is 2.44. The van der Waals surface area contributed by atoms with E-state index >= 15 is 0 Å². The van der Waals surface area contributed by atoms with Crippen LogP contribution in [-0.4, -0.2) is 32.1 Å². The predicted octanol–water partition coefficient (Wildman–Crippen LogP) is 3.26. The number of rotatable bonds is 1. The van der Waals surface area contributed by atoms with E-state index in [1.54, 1.807) is 11.1 Å². The second kappa shape index (κ2) is 4.88. The lowest BCUT2D eigenvalue weighted by molar-refractivity contribution is 0.311. The van der Waals surface area contributed by atoms with Crippen molar-refractivity contribution in [1.82, 2.24) is 4.90 Å². The molecule has 1 atom stereocenters. The second-order valence-corrected chi connectivity index (χ2v) is 6.46. The third-order valence-corrected chi connectivity index (χ3v) is 5.06. The molecule has 2 aliphatic rings. The van der Waals surface area contributed by atoms with Crippen molar-refractivity contribution in [3.63, 3.8) is 0 Å². The van der Waals surface area contributed by atoms with Gasteiger partial charge in [0.1, 0.15) is 0 Å². The molecular weight excluding hydrogens is 256 g/mol. The lowest BCUT2D eigenvalue weighted by atomic mass is 9.85. The topological polar surface area (TPSA) is 6.48 Å². The van der Waals surface area contributed by atoms with Gasteiger partial charge in [0.2, 0.25) is 0 Å². The highest BCUT2D eigenvalue weighted by molar-refractivity contribution is 5.63. The SMILES string of the molecule is CN1CCc2cccc(C3CN(C)c4ccccc43)c2C1. The molecule has 0 spiro atoms. The summed E-state index contributed by atoms with van der Waals surface area (Å²) in [4.78, 5) is 4.84. The first-order chi connectivity index (χ1) is 10.2. The summed E-state index contributed by atoms with van der Waals surface area (Å²) >= 11 is 0. The number of anilines is 1.